The van der Waals surface area contributed by atoms with Gasteiger partial charge in [-0.05, 0) is 278 Å². The number of fused-ring (bicyclic) bond motifs is 6. The van der Waals surface area contributed by atoms with Gasteiger partial charge in [0.05, 0.1) is 45.9 Å². The van der Waals surface area contributed by atoms with Crippen molar-refractivity contribution in [2.24, 2.45) is 0 Å². The number of nitrogens with zero attached hydrogens (tertiary/aromatic N) is 4. The molecule has 0 aliphatic rings. The Morgan fingerprint density at radius 1 is 0.295 bits per heavy atom. The number of carbonyl (C=O) groups is 4. The molecule has 404 valence electrons. The molecule has 0 bridgehead atoms. The summed E-state index contributed by atoms with van der Waals surface area (Å²) < 4.78 is 6.46. The Morgan fingerprint density at radius 3 is 0.628 bits per heavy atom. The summed E-state index contributed by atoms with van der Waals surface area (Å²) >= 11 is 16.1. The fourth-order valence-electron chi connectivity index (χ4n) is 5.98. The van der Waals surface area contributed by atoms with Crippen molar-refractivity contribution >= 4 is 248 Å². The fraction of sp³-hybridized carbons (Fsp3) is 0. The average Bonchev–Trinajstić information content (AvgIpc) is 3.37. The zero-order valence-corrected chi connectivity index (χ0v) is 64.5. The van der Waals surface area contributed by atoms with Crippen LogP contribution in [0, 0.1) is 90.8 Å². The van der Waals surface area contributed by atoms with Crippen molar-refractivity contribution in [1.29, 1.82) is 0 Å². The standard InChI is InChI=1S/2C12H8N2.4C7H4I2O2.4O.2U/c2*1-3-9-5-6-10-4-2-8-14-12(10)11(9)13-7-1;4*8-4-1-2-6(9)5(3-4)7(10)11;;;;;;/h2*1-8H;4*1-3H,(H,10,11);;;;;;/q;;;;;;4*-2;;/p-4. The minimum atomic E-state index is -1.12. The molecule has 0 N–H and O–H groups in total. The van der Waals surface area contributed by atoms with Gasteiger partial charge in [0.1, 0.15) is 0 Å². The van der Waals surface area contributed by atoms with Gasteiger partial charge >= 0.3 is 0 Å². The van der Waals surface area contributed by atoms with Crippen LogP contribution in [0.1, 0.15) is 41.4 Å². The van der Waals surface area contributed by atoms with Gasteiger partial charge < -0.3 is 61.5 Å². The largest absolute Gasteiger partial charge is 2.00 e. The number of aromatic nitrogens is 4. The number of aromatic carboxylic acids is 4. The van der Waals surface area contributed by atoms with Crippen molar-refractivity contribution in [3.8, 4) is 0 Å². The summed E-state index contributed by atoms with van der Waals surface area (Å²) in [5, 5.41) is 46.4. The smallest absolute Gasteiger partial charge is 0.0964 e. The molecule has 10 rings (SSSR count). The third-order valence-corrected chi connectivity index (χ3v) is 15.7. The van der Waals surface area contributed by atoms with Gasteiger partial charge in [0, 0.05) is 159 Å². The maximum Gasteiger partial charge on any atom is 0.0964 e. The van der Waals surface area contributed by atoms with Crippen LogP contribution < -0.4 is 20.4 Å². The molecule has 0 spiro atoms. The number of carboxylic acids is 4. The molecule has 0 saturated carbocycles. The molecule has 4 aromatic heterocycles. The summed E-state index contributed by atoms with van der Waals surface area (Å²) in [6.07, 6.45) is 7.21. The van der Waals surface area contributed by atoms with E-state index in [1.165, 1.54) is 0 Å². The van der Waals surface area contributed by atoms with Gasteiger partial charge in [0.15, 0.2) is 0 Å². The van der Waals surface area contributed by atoms with Crippen LogP contribution in [0.15, 0.2) is 170 Å². The van der Waals surface area contributed by atoms with Gasteiger partial charge in [-0.25, -0.2) is 0 Å². The second kappa shape index (κ2) is 40.0. The Morgan fingerprint density at radius 2 is 0.474 bits per heavy atom. The zero-order chi connectivity index (χ0) is 52.5. The molecule has 10 aromatic rings. The maximum absolute atomic E-state index is 10.5. The van der Waals surface area contributed by atoms with Gasteiger partial charge in [0.2, 0.25) is 0 Å². The third kappa shape index (κ3) is 24.4. The molecule has 0 atom stereocenters. The van der Waals surface area contributed by atoms with Crippen LogP contribution in [0.4, 0.5) is 0 Å². The molecule has 78 heavy (non-hydrogen) atoms. The maximum atomic E-state index is 10.5. The first-order chi connectivity index (χ1) is 34.3. The first kappa shape index (κ1) is 78.7. The quantitative estimate of drug-likeness (QED) is 0.117. The van der Waals surface area contributed by atoms with E-state index in [0.717, 1.165) is 57.9 Å². The number of halogens is 8. The SMILES string of the molecule is O=C([O-])c1cc(I)ccc1I.O=C([O-])c1cc(I)ccc1I.O=C([O-])c1cc(I)ccc1I.O=C([O-])c1cc(I)ccc1I.[O-2].[O-2].[O-2].[O-2].[U].[U].c1cnc2c(c1)ccc1cccnc12.c1cnc2c(c1)ccc1cccnc12. The number of hydrogen-bond donors (Lipinski definition) is 0. The van der Waals surface area contributed by atoms with E-state index >= 15 is 0 Å². The topological polar surface area (TPSA) is 326 Å². The molecule has 0 aliphatic heterocycles. The first-order valence-corrected chi connectivity index (χ1v) is 28.8. The van der Waals surface area contributed by atoms with E-state index in [9.17, 15) is 39.6 Å². The summed E-state index contributed by atoms with van der Waals surface area (Å²) in [6, 6.07) is 45.1. The number of hydrogen-bond acceptors (Lipinski definition) is 12. The van der Waals surface area contributed by atoms with Gasteiger partial charge in [-0.15, -0.1) is 0 Å². The van der Waals surface area contributed by atoms with E-state index < -0.39 is 23.9 Å². The summed E-state index contributed by atoms with van der Waals surface area (Å²) in [7, 11) is 0. The third-order valence-electron chi connectivity index (χ3n) is 9.28. The first-order valence-electron chi connectivity index (χ1n) is 20.2. The van der Waals surface area contributed by atoms with Crippen LogP contribution in [-0.2, 0) is 21.9 Å². The van der Waals surface area contributed by atoms with E-state index in [1.54, 1.807) is 73.3 Å². The number of benzene rings is 6. The van der Waals surface area contributed by atoms with Crippen molar-refractivity contribution in [2.45, 2.75) is 0 Å². The van der Waals surface area contributed by atoms with Crippen molar-refractivity contribution in [3.05, 3.63) is 221 Å². The van der Waals surface area contributed by atoms with Crippen LogP contribution in [0.25, 0.3) is 43.6 Å². The second-order valence-corrected chi connectivity index (χ2v) is 23.7. The van der Waals surface area contributed by atoms with Crippen LogP contribution in [0.5, 0.6) is 0 Å². The summed E-state index contributed by atoms with van der Waals surface area (Å²) in [5.74, 6) is -4.47. The van der Waals surface area contributed by atoms with Crippen molar-refractivity contribution in [2.75, 3.05) is 0 Å². The molecule has 6 aromatic carbocycles. The van der Waals surface area contributed by atoms with E-state index in [4.69, 9.17) is 0 Å². The summed E-state index contributed by atoms with van der Waals surface area (Å²) in [5.41, 5.74) is 4.96. The monoisotopic (exact) mass is 2390 g/mol. The summed E-state index contributed by atoms with van der Waals surface area (Å²) in [4.78, 5) is 59.2. The molecule has 16 nitrogen and oxygen atoms in total. The van der Waals surface area contributed by atoms with Crippen LogP contribution in [-0.4, -0.2) is 43.8 Å². The van der Waals surface area contributed by atoms with Crippen molar-refractivity contribution < 1.29 is 124 Å². The van der Waals surface area contributed by atoms with Crippen molar-refractivity contribution in [3.63, 3.8) is 0 Å². The van der Waals surface area contributed by atoms with E-state index in [-0.39, 0.29) is 106 Å². The molecular weight excluding hydrogens is 2360 g/mol. The average molecular weight is 2390 g/mol. The van der Waals surface area contributed by atoms with E-state index in [0.29, 0.717) is 14.3 Å². The molecule has 0 radical (unpaired) electrons. The second-order valence-electron chi connectivity index (χ2n) is 14.1. The molecule has 0 aliphatic carbocycles. The Kier molecular flexibility index (Phi) is 40.3. The zero-order valence-electron chi connectivity index (χ0n) is 38.9. The van der Waals surface area contributed by atoms with Gasteiger partial charge in [0.25, 0.3) is 0 Å². The molecular formula is C52H28I8N4O12U2-12. The van der Waals surface area contributed by atoms with Gasteiger partial charge in [-0.2, -0.15) is 0 Å². The molecule has 0 unspecified atom stereocenters. The molecule has 0 fully saturated rings. The molecule has 0 amide bonds. The Hall–Kier alpha value is -1.38. The fourth-order valence-corrected chi connectivity index (χ4v) is 10.2. The molecule has 26 heteroatoms. The van der Waals surface area contributed by atoms with Crippen LogP contribution in [0.3, 0.4) is 0 Å². The summed E-state index contributed by atoms with van der Waals surface area (Å²) in [6.45, 7) is 0. The number of carbonyl (C=O) groups excluding carboxylic acids is 4. The minimum Gasteiger partial charge on any atom is -2.00 e. The molecule has 4 heterocycles. The van der Waals surface area contributed by atoms with Crippen LogP contribution in [0.2, 0.25) is 0 Å². The van der Waals surface area contributed by atoms with Gasteiger partial charge in [-0.1, -0.05) is 48.5 Å². The predicted octanol–water partition coefficient (Wildman–Crippen LogP) is 10.1. The Labute approximate surface area is 602 Å². The van der Waals surface area contributed by atoms with E-state index in [1.807, 2.05) is 139 Å². The Bertz CT molecular complexity index is 3150. The molecule has 0 saturated heterocycles. The number of rotatable bonds is 4. The predicted molar refractivity (Wildman–Crippen MR) is 342 cm³/mol. The normalized spacial score (nSPS) is 9.33. The Balaban J connectivity index is 0. The van der Waals surface area contributed by atoms with Gasteiger partial charge in [-0.3, -0.25) is 19.9 Å². The van der Waals surface area contributed by atoms with Crippen molar-refractivity contribution in [1.82, 2.24) is 19.9 Å². The number of carboxylic acid groups (broad SMARTS) is 4. The van der Waals surface area contributed by atoms with Crippen LogP contribution >= 0.6 is 181 Å². The number of pyridine rings is 4. The minimum absolute atomic E-state index is 0. The van der Waals surface area contributed by atoms with E-state index in [2.05, 4.69) is 159 Å².